The molecule has 0 unspecified atom stereocenters. The molecule has 0 radical (unpaired) electrons. The Morgan fingerprint density at radius 1 is 0.828 bits per heavy atom. The number of nitrogens with zero attached hydrogens (tertiary/aromatic N) is 2. The van der Waals surface area contributed by atoms with Crippen molar-refractivity contribution in [3.05, 3.63) is 52.0 Å². The lowest BCUT2D eigenvalue weighted by atomic mass is 10.2. The minimum absolute atomic E-state index is 0.162. The molecule has 29 heavy (non-hydrogen) atoms. The molecular weight excluding hydrogens is 415 g/mol. The van der Waals surface area contributed by atoms with Crippen molar-refractivity contribution in [2.24, 2.45) is 0 Å². The number of amides is 4. The predicted octanol–water partition coefficient (Wildman–Crippen LogP) is 5.18. The quantitative estimate of drug-likeness (QED) is 0.689. The van der Waals surface area contributed by atoms with Gasteiger partial charge in [0.15, 0.2) is 0 Å². The van der Waals surface area contributed by atoms with E-state index in [4.69, 9.17) is 27.9 Å². The van der Waals surface area contributed by atoms with Crippen LogP contribution in [0, 0.1) is 6.92 Å². The Bertz CT molecular complexity index is 858. The van der Waals surface area contributed by atoms with Gasteiger partial charge in [-0.2, -0.15) is 0 Å². The highest BCUT2D eigenvalue weighted by Crippen LogP contribution is 2.27. The van der Waals surface area contributed by atoms with Crippen molar-refractivity contribution in [1.29, 1.82) is 0 Å². The maximum Gasteiger partial charge on any atom is 0.321 e. The molecule has 2 rings (SSSR count). The lowest BCUT2D eigenvalue weighted by Crippen LogP contribution is -2.27. The Labute approximate surface area is 181 Å². The molecule has 2 aromatic rings. The standard InChI is InChI=1S/C10H13ClN2O2.C10H13ClN2O/c1-13(2)10(14)12-7-4-5-9(15-3)8(11)6-7;1-7-4-5-8(6-9(7)11)12-10(14)13(2)3/h4-6H,1-3H3,(H,12,14);4-6H,1-3H3,(H,12,14). The van der Waals surface area contributed by atoms with E-state index in [1.807, 2.05) is 19.1 Å². The van der Waals surface area contributed by atoms with Crippen LogP contribution in [-0.2, 0) is 0 Å². The zero-order valence-corrected chi connectivity index (χ0v) is 18.9. The van der Waals surface area contributed by atoms with Gasteiger partial charge in [-0.1, -0.05) is 29.3 Å². The second-order valence-electron chi connectivity index (χ2n) is 6.46. The summed E-state index contributed by atoms with van der Waals surface area (Å²) < 4.78 is 5.00. The van der Waals surface area contributed by atoms with Crippen LogP contribution in [0.3, 0.4) is 0 Å². The van der Waals surface area contributed by atoms with Gasteiger partial charge in [0.05, 0.1) is 12.1 Å². The molecule has 2 N–H and O–H groups in total. The van der Waals surface area contributed by atoms with Gasteiger partial charge in [0, 0.05) is 44.6 Å². The van der Waals surface area contributed by atoms with Crippen molar-refractivity contribution in [3.8, 4) is 5.75 Å². The summed E-state index contributed by atoms with van der Waals surface area (Å²) in [7, 11) is 8.25. The normalized spacial score (nSPS) is 9.66. The first-order valence-electron chi connectivity index (χ1n) is 8.61. The van der Waals surface area contributed by atoms with Gasteiger partial charge in [-0.25, -0.2) is 9.59 Å². The molecule has 0 bridgehead atoms. The number of methoxy groups -OCH3 is 1. The van der Waals surface area contributed by atoms with Crippen LogP contribution >= 0.6 is 23.2 Å². The zero-order valence-electron chi connectivity index (χ0n) is 17.3. The molecule has 4 amide bonds. The monoisotopic (exact) mass is 440 g/mol. The SMILES string of the molecule is COc1ccc(NC(=O)N(C)C)cc1Cl.Cc1ccc(NC(=O)N(C)C)cc1Cl. The molecule has 0 aromatic heterocycles. The first-order valence-corrected chi connectivity index (χ1v) is 9.37. The Balaban J connectivity index is 0.000000291. The van der Waals surface area contributed by atoms with Crippen LogP contribution in [0.2, 0.25) is 10.0 Å². The largest absolute Gasteiger partial charge is 0.495 e. The summed E-state index contributed by atoms with van der Waals surface area (Å²) >= 11 is 11.8. The average Bonchev–Trinajstić information content (AvgIpc) is 2.65. The van der Waals surface area contributed by atoms with E-state index in [2.05, 4.69) is 10.6 Å². The molecule has 0 fully saturated rings. The number of halogens is 2. The first kappa shape index (κ1) is 24.4. The first-order chi connectivity index (χ1) is 13.5. The van der Waals surface area contributed by atoms with Gasteiger partial charge in [0.2, 0.25) is 0 Å². The summed E-state index contributed by atoms with van der Waals surface area (Å²) in [5.74, 6) is 0.583. The number of carbonyl (C=O) groups excluding carboxylic acids is 2. The van der Waals surface area contributed by atoms with Crippen molar-refractivity contribution in [1.82, 2.24) is 9.80 Å². The summed E-state index contributed by atoms with van der Waals surface area (Å²) in [6, 6.07) is 10.1. The van der Waals surface area contributed by atoms with E-state index in [0.717, 1.165) is 5.56 Å². The Hall–Kier alpha value is -2.64. The summed E-state index contributed by atoms with van der Waals surface area (Å²) in [5, 5.41) is 6.51. The highest BCUT2D eigenvalue weighted by Gasteiger charge is 2.06. The van der Waals surface area contributed by atoms with Crippen molar-refractivity contribution < 1.29 is 14.3 Å². The maximum absolute atomic E-state index is 11.3. The number of hydrogen-bond donors (Lipinski definition) is 2. The molecule has 0 aliphatic rings. The van der Waals surface area contributed by atoms with Gasteiger partial charge in [0.1, 0.15) is 5.75 Å². The Kier molecular flexibility index (Phi) is 9.58. The van der Waals surface area contributed by atoms with Gasteiger partial charge in [-0.15, -0.1) is 0 Å². The molecule has 0 heterocycles. The summed E-state index contributed by atoms with van der Waals surface area (Å²) in [6.07, 6.45) is 0. The molecule has 7 nitrogen and oxygen atoms in total. The van der Waals surface area contributed by atoms with Crippen molar-refractivity contribution in [2.75, 3.05) is 45.9 Å². The number of anilines is 2. The fourth-order valence-electron chi connectivity index (χ4n) is 1.89. The zero-order chi connectivity index (χ0) is 22.1. The van der Waals surface area contributed by atoms with Gasteiger partial charge < -0.3 is 25.2 Å². The molecule has 0 aliphatic heterocycles. The molecule has 0 aliphatic carbocycles. The van der Waals surface area contributed by atoms with E-state index in [9.17, 15) is 9.59 Å². The number of carbonyl (C=O) groups is 2. The number of benzene rings is 2. The van der Waals surface area contributed by atoms with E-state index < -0.39 is 0 Å². The van der Waals surface area contributed by atoms with Crippen molar-refractivity contribution >= 4 is 46.6 Å². The second-order valence-corrected chi connectivity index (χ2v) is 7.28. The van der Waals surface area contributed by atoms with E-state index in [0.29, 0.717) is 27.2 Å². The number of urea groups is 2. The van der Waals surface area contributed by atoms with Gasteiger partial charge in [-0.3, -0.25) is 0 Å². The highest BCUT2D eigenvalue weighted by molar-refractivity contribution is 6.32. The Morgan fingerprint density at radius 2 is 1.28 bits per heavy atom. The molecule has 158 valence electrons. The minimum atomic E-state index is -0.198. The van der Waals surface area contributed by atoms with Crippen molar-refractivity contribution in [3.63, 3.8) is 0 Å². The number of rotatable bonds is 3. The van der Waals surface area contributed by atoms with E-state index >= 15 is 0 Å². The molecule has 0 saturated heterocycles. The second kappa shape index (κ2) is 11.4. The molecule has 9 heteroatoms. The van der Waals surface area contributed by atoms with Gasteiger partial charge in [0.25, 0.3) is 0 Å². The predicted molar refractivity (Wildman–Crippen MR) is 120 cm³/mol. The smallest absolute Gasteiger partial charge is 0.321 e. The minimum Gasteiger partial charge on any atom is -0.495 e. The third kappa shape index (κ3) is 8.09. The van der Waals surface area contributed by atoms with Crippen LogP contribution in [0.5, 0.6) is 5.75 Å². The van der Waals surface area contributed by atoms with Crippen molar-refractivity contribution in [2.45, 2.75) is 6.92 Å². The topological polar surface area (TPSA) is 73.9 Å². The lowest BCUT2D eigenvalue weighted by Gasteiger charge is -2.12. The van der Waals surface area contributed by atoms with Gasteiger partial charge in [-0.05, 0) is 42.8 Å². The third-order valence-electron chi connectivity index (χ3n) is 3.64. The molecule has 0 saturated carbocycles. The fourth-order valence-corrected chi connectivity index (χ4v) is 2.32. The fraction of sp³-hybridized carbons (Fsp3) is 0.300. The molecule has 0 spiro atoms. The Morgan fingerprint density at radius 3 is 1.66 bits per heavy atom. The van der Waals surface area contributed by atoms with Crippen LogP contribution in [0.4, 0.5) is 21.0 Å². The summed E-state index contributed by atoms with van der Waals surface area (Å²) in [6.45, 7) is 1.92. The number of nitrogens with one attached hydrogen (secondary N) is 2. The lowest BCUT2D eigenvalue weighted by molar-refractivity contribution is 0.230. The number of aryl methyl sites for hydroxylation is 1. The number of ether oxygens (including phenoxy) is 1. The molecule has 0 atom stereocenters. The van der Waals surface area contributed by atoms with Crippen LogP contribution in [0.15, 0.2) is 36.4 Å². The van der Waals surface area contributed by atoms with Crippen LogP contribution in [0.25, 0.3) is 0 Å². The highest BCUT2D eigenvalue weighted by atomic mass is 35.5. The van der Waals surface area contributed by atoms with E-state index in [-0.39, 0.29) is 12.1 Å². The third-order valence-corrected chi connectivity index (χ3v) is 4.34. The average molecular weight is 441 g/mol. The van der Waals surface area contributed by atoms with Gasteiger partial charge >= 0.3 is 12.1 Å². The summed E-state index contributed by atoms with van der Waals surface area (Å²) in [5.41, 5.74) is 2.34. The van der Waals surface area contributed by atoms with Crippen LogP contribution < -0.4 is 15.4 Å². The van der Waals surface area contributed by atoms with E-state index in [1.54, 1.807) is 59.6 Å². The molecular formula is C20H26Cl2N4O3. The van der Waals surface area contributed by atoms with E-state index in [1.165, 1.54) is 9.80 Å². The van der Waals surface area contributed by atoms with Crippen LogP contribution in [-0.4, -0.2) is 57.2 Å². The van der Waals surface area contributed by atoms with Crippen LogP contribution in [0.1, 0.15) is 5.56 Å². The summed E-state index contributed by atoms with van der Waals surface area (Å²) in [4.78, 5) is 25.5. The molecule has 2 aromatic carbocycles. The maximum atomic E-state index is 11.3. The number of hydrogen-bond acceptors (Lipinski definition) is 3.